The largest absolute Gasteiger partial charge is 0.450 e. The third kappa shape index (κ3) is 3.99. The van der Waals surface area contributed by atoms with Crippen molar-refractivity contribution in [2.45, 2.75) is 0 Å². The first-order chi connectivity index (χ1) is 10.9. The van der Waals surface area contributed by atoms with Gasteiger partial charge in [-0.1, -0.05) is 15.9 Å². The number of hydrazone groups is 1. The first kappa shape index (κ1) is 17.4. The molecule has 0 atom stereocenters. The van der Waals surface area contributed by atoms with Crippen LogP contribution in [0, 0.1) is 7.34 Å². The first-order valence-corrected chi connectivity index (χ1v) is 9.85. The standard InChI is InChI=1S/C14H6Br2I2N2O3/c15-7-1-6-2-11(23-12(6)10(17)3-7)14(21)20-19-5-8-4-9(16)13(18)22-8/h1-5H,(H,20,21)/b19-5-. The summed E-state index contributed by atoms with van der Waals surface area (Å²) in [4.78, 5) is 12.1. The minimum Gasteiger partial charge on any atom is -0.450 e. The van der Waals surface area contributed by atoms with Gasteiger partial charge in [0, 0.05) is 38.5 Å². The fourth-order valence-electron chi connectivity index (χ4n) is 1.82. The Morgan fingerprint density at radius 3 is 2.65 bits per heavy atom. The average Bonchev–Trinajstić information content (AvgIpc) is 3.03. The molecule has 0 unspecified atom stereocenters. The van der Waals surface area contributed by atoms with Crippen molar-refractivity contribution in [1.29, 1.82) is 0 Å². The van der Waals surface area contributed by atoms with Gasteiger partial charge in [0.2, 0.25) is 0 Å². The Morgan fingerprint density at radius 2 is 1.96 bits per heavy atom. The van der Waals surface area contributed by atoms with Crippen LogP contribution in [0.5, 0.6) is 0 Å². The number of carbonyl (C=O) groups excluding carboxylic acids is 1. The molecule has 1 amide bonds. The van der Waals surface area contributed by atoms with Crippen LogP contribution in [0.25, 0.3) is 11.0 Å². The number of nitrogens with zero attached hydrogens (tertiary/aromatic N) is 1. The lowest BCUT2D eigenvalue weighted by molar-refractivity contribution is 0.0929. The van der Waals surface area contributed by atoms with Gasteiger partial charge >= 0.3 is 5.91 Å². The van der Waals surface area contributed by atoms with Crippen LogP contribution in [0.15, 0.2) is 47.1 Å². The molecule has 9 heteroatoms. The summed E-state index contributed by atoms with van der Waals surface area (Å²) in [5, 5.41) is 4.72. The molecule has 118 valence electrons. The zero-order chi connectivity index (χ0) is 16.6. The lowest BCUT2D eigenvalue weighted by Crippen LogP contribution is -2.16. The van der Waals surface area contributed by atoms with Crippen molar-refractivity contribution in [3.8, 4) is 0 Å². The van der Waals surface area contributed by atoms with Gasteiger partial charge in [-0.15, -0.1) is 0 Å². The summed E-state index contributed by atoms with van der Waals surface area (Å²) >= 11 is 11.0. The lowest BCUT2D eigenvalue weighted by atomic mass is 10.2. The quantitative estimate of drug-likeness (QED) is 0.228. The molecule has 0 aliphatic carbocycles. The minimum absolute atomic E-state index is 0.198. The maximum atomic E-state index is 12.1. The molecule has 1 N–H and O–H groups in total. The number of furan rings is 2. The Hall–Kier alpha value is -0.400. The normalized spacial score (nSPS) is 11.5. The maximum absolute atomic E-state index is 12.1. The molecule has 0 aliphatic heterocycles. The molecule has 0 fully saturated rings. The predicted molar refractivity (Wildman–Crippen MR) is 111 cm³/mol. The highest BCUT2D eigenvalue weighted by atomic mass is 127. The highest BCUT2D eigenvalue weighted by molar-refractivity contribution is 14.1. The summed E-state index contributed by atoms with van der Waals surface area (Å²) < 4.78 is 14.4. The average molecular weight is 664 g/mol. The van der Waals surface area contributed by atoms with Gasteiger partial charge in [0.05, 0.1) is 14.3 Å². The van der Waals surface area contributed by atoms with E-state index in [0.29, 0.717) is 15.1 Å². The molecule has 23 heavy (non-hydrogen) atoms. The number of fused-ring (bicyclic) bond motifs is 1. The van der Waals surface area contributed by atoms with E-state index >= 15 is 0 Å². The fourth-order valence-corrected chi connectivity index (χ4v) is 4.20. The van der Waals surface area contributed by atoms with Crippen molar-refractivity contribution in [2.24, 2.45) is 5.10 Å². The van der Waals surface area contributed by atoms with Crippen LogP contribution < -0.4 is 5.43 Å². The lowest BCUT2D eigenvalue weighted by Gasteiger charge is -1.95. The number of benzene rings is 1. The van der Waals surface area contributed by atoms with Crippen molar-refractivity contribution in [2.75, 3.05) is 0 Å². The molecule has 3 aromatic rings. The molecule has 3 rings (SSSR count). The van der Waals surface area contributed by atoms with Gasteiger partial charge in [0.15, 0.2) is 9.53 Å². The summed E-state index contributed by atoms with van der Waals surface area (Å²) in [6, 6.07) is 7.25. The SMILES string of the molecule is O=C(N/N=C\c1cc(Br)c(I)o1)c1cc2cc(Br)cc(I)c2o1. The van der Waals surface area contributed by atoms with Crippen molar-refractivity contribution in [3.63, 3.8) is 0 Å². The topological polar surface area (TPSA) is 67.7 Å². The first-order valence-electron chi connectivity index (χ1n) is 6.11. The molecule has 0 saturated heterocycles. The van der Waals surface area contributed by atoms with E-state index in [2.05, 4.69) is 87.6 Å². The van der Waals surface area contributed by atoms with Gasteiger partial charge in [-0.2, -0.15) is 5.10 Å². The van der Waals surface area contributed by atoms with E-state index in [0.717, 1.165) is 17.9 Å². The van der Waals surface area contributed by atoms with Crippen LogP contribution in [0.1, 0.15) is 16.3 Å². The molecule has 5 nitrogen and oxygen atoms in total. The van der Waals surface area contributed by atoms with Gasteiger partial charge in [-0.25, -0.2) is 5.43 Å². The molecular formula is C14H6Br2I2N2O3. The van der Waals surface area contributed by atoms with Gasteiger partial charge in [0.25, 0.3) is 0 Å². The molecule has 0 spiro atoms. The third-order valence-corrected chi connectivity index (χ3v) is 6.17. The fraction of sp³-hybridized carbons (Fsp3) is 0. The van der Waals surface area contributed by atoms with Crippen LogP contribution in [-0.2, 0) is 0 Å². The predicted octanol–water partition coefficient (Wildman–Crippen LogP) is 5.52. The second kappa shape index (κ2) is 7.23. The number of hydrogen-bond acceptors (Lipinski definition) is 4. The van der Waals surface area contributed by atoms with E-state index in [4.69, 9.17) is 8.83 Å². The van der Waals surface area contributed by atoms with Crippen molar-refractivity contribution < 1.29 is 13.6 Å². The number of carbonyl (C=O) groups is 1. The van der Waals surface area contributed by atoms with E-state index in [1.54, 1.807) is 12.1 Å². The molecule has 0 radical (unpaired) electrons. The summed E-state index contributed by atoms with van der Waals surface area (Å²) in [6.07, 6.45) is 1.42. The molecule has 0 aliphatic rings. The van der Waals surface area contributed by atoms with Crippen molar-refractivity contribution >= 4 is 100 Å². The van der Waals surface area contributed by atoms with E-state index in [9.17, 15) is 4.79 Å². The van der Waals surface area contributed by atoms with E-state index in [1.165, 1.54) is 6.21 Å². The van der Waals surface area contributed by atoms with E-state index in [1.807, 2.05) is 12.1 Å². The second-order valence-electron chi connectivity index (χ2n) is 4.39. The van der Waals surface area contributed by atoms with Crippen LogP contribution >= 0.6 is 77.0 Å². The number of halogens is 4. The highest BCUT2D eigenvalue weighted by Gasteiger charge is 2.14. The molecule has 2 aromatic heterocycles. The van der Waals surface area contributed by atoms with Gasteiger partial charge in [-0.3, -0.25) is 4.79 Å². The molecule has 0 saturated carbocycles. The van der Waals surface area contributed by atoms with Crippen LogP contribution in [0.4, 0.5) is 0 Å². The van der Waals surface area contributed by atoms with Crippen LogP contribution in [0.3, 0.4) is 0 Å². The van der Waals surface area contributed by atoms with Gasteiger partial charge in [0.1, 0.15) is 11.3 Å². The molecule has 1 aromatic carbocycles. The Labute approximate surface area is 174 Å². The van der Waals surface area contributed by atoms with Crippen LogP contribution in [0.2, 0.25) is 0 Å². The Balaban J connectivity index is 1.77. The smallest absolute Gasteiger partial charge is 0.307 e. The van der Waals surface area contributed by atoms with Crippen molar-refractivity contribution in [1.82, 2.24) is 5.43 Å². The zero-order valence-corrected chi connectivity index (χ0v) is 18.6. The number of nitrogens with one attached hydrogen (secondary N) is 1. The van der Waals surface area contributed by atoms with Gasteiger partial charge < -0.3 is 8.83 Å². The molecular weight excluding hydrogens is 658 g/mol. The number of hydrogen-bond donors (Lipinski definition) is 1. The second-order valence-corrected chi connectivity index (χ2v) is 8.30. The van der Waals surface area contributed by atoms with Gasteiger partial charge in [-0.05, 0) is 56.7 Å². The van der Waals surface area contributed by atoms with Crippen LogP contribution in [-0.4, -0.2) is 12.1 Å². The summed E-state index contributed by atoms with van der Waals surface area (Å²) in [7, 11) is 0. The molecule has 0 bridgehead atoms. The summed E-state index contributed by atoms with van der Waals surface area (Å²) in [6.45, 7) is 0. The number of rotatable bonds is 3. The zero-order valence-electron chi connectivity index (χ0n) is 11.1. The maximum Gasteiger partial charge on any atom is 0.307 e. The van der Waals surface area contributed by atoms with E-state index in [-0.39, 0.29) is 5.76 Å². The monoisotopic (exact) mass is 662 g/mol. The third-order valence-electron chi connectivity index (χ3n) is 2.78. The Morgan fingerprint density at radius 1 is 1.17 bits per heavy atom. The summed E-state index contributed by atoms with van der Waals surface area (Å²) in [5.41, 5.74) is 3.09. The van der Waals surface area contributed by atoms with E-state index < -0.39 is 5.91 Å². The molecule has 2 heterocycles. The Bertz CT molecular complexity index is 914. The minimum atomic E-state index is -0.426. The summed E-state index contributed by atoms with van der Waals surface area (Å²) in [5.74, 6) is 0.303. The van der Waals surface area contributed by atoms with Crippen molar-refractivity contribution in [3.05, 3.63) is 52.1 Å². The highest BCUT2D eigenvalue weighted by Crippen LogP contribution is 2.28. The number of amides is 1. The Kier molecular flexibility index (Phi) is 5.48.